The predicted octanol–water partition coefficient (Wildman–Crippen LogP) is 2.00. The number of aliphatic hydroxyl groups excluding tert-OH is 1. The van der Waals surface area contributed by atoms with Crippen molar-refractivity contribution in [2.24, 2.45) is 0 Å². The van der Waals surface area contributed by atoms with Crippen LogP contribution in [0.5, 0.6) is 0 Å². The normalized spacial score (nSPS) is 11.2. The predicted molar refractivity (Wildman–Crippen MR) is 100 cm³/mol. The second kappa shape index (κ2) is 6.93. The fourth-order valence-electron chi connectivity index (χ4n) is 2.86. The number of pyridine rings is 1. The number of hydrogen-bond acceptors (Lipinski definition) is 7. The highest BCUT2D eigenvalue weighted by molar-refractivity contribution is 5.81. The molecule has 0 saturated carbocycles. The van der Waals surface area contributed by atoms with Gasteiger partial charge in [-0.25, -0.2) is 9.97 Å². The number of para-hydroxylation sites is 1. The summed E-state index contributed by atoms with van der Waals surface area (Å²) in [6, 6.07) is 11.7. The van der Waals surface area contributed by atoms with Gasteiger partial charge < -0.3 is 15.7 Å². The van der Waals surface area contributed by atoms with Crippen molar-refractivity contribution in [3.8, 4) is 0 Å². The average molecular weight is 349 g/mol. The fraction of sp³-hybridized carbons (Fsp3) is 0.222. The van der Waals surface area contributed by atoms with Crippen LogP contribution >= 0.6 is 0 Å². The molecule has 0 bridgehead atoms. The van der Waals surface area contributed by atoms with Gasteiger partial charge in [-0.2, -0.15) is 14.6 Å². The van der Waals surface area contributed by atoms with E-state index in [0.29, 0.717) is 24.7 Å². The third-order valence-corrected chi connectivity index (χ3v) is 4.08. The van der Waals surface area contributed by atoms with Crippen LogP contribution in [0.25, 0.3) is 16.7 Å². The van der Waals surface area contributed by atoms with Crippen LogP contribution in [-0.2, 0) is 6.61 Å². The summed E-state index contributed by atoms with van der Waals surface area (Å²) in [5.74, 6) is 2.10. The molecule has 3 aromatic heterocycles. The molecule has 0 unspecified atom stereocenters. The van der Waals surface area contributed by atoms with E-state index in [1.54, 1.807) is 4.52 Å². The molecule has 3 heterocycles. The van der Waals surface area contributed by atoms with Crippen LogP contribution < -0.4 is 10.6 Å². The van der Waals surface area contributed by atoms with Gasteiger partial charge in [-0.15, -0.1) is 0 Å². The van der Waals surface area contributed by atoms with Gasteiger partial charge in [-0.05, 0) is 19.1 Å². The molecule has 132 valence electrons. The van der Waals surface area contributed by atoms with Crippen molar-refractivity contribution in [3.05, 3.63) is 54.0 Å². The third kappa shape index (κ3) is 3.14. The number of benzene rings is 1. The summed E-state index contributed by atoms with van der Waals surface area (Å²) in [6.45, 7) is 3.15. The summed E-state index contributed by atoms with van der Waals surface area (Å²) in [7, 11) is 0. The van der Waals surface area contributed by atoms with E-state index < -0.39 is 0 Å². The van der Waals surface area contributed by atoms with Gasteiger partial charge in [0, 0.05) is 35.8 Å². The molecule has 1 aromatic carbocycles. The van der Waals surface area contributed by atoms with Gasteiger partial charge >= 0.3 is 0 Å². The molecular weight excluding hydrogens is 330 g/mol. The van der Waals surface area contributed by atoms with Crippen molar-refractivity contribution in [1.29, 1.82) is 0 Å². The maximum atomic E-state index is 9.62. The lowest BCUT2D eigenvalue weighted by Gasteiger charge is -2.13. The first-order valence-corrected chi connectivity index (χ1v) is 8.39. The van der Waals surface area contributed by atoms with Gasteiger partial charge in [-0.3, -0.25) is 0 Å². The minimum atomic E-state index is -0.0588. The molecular formula is C18H19N7O. The summed E-state index contributed by atoms with van der Waals surface area (Å²) in [4.78, 5) is 13.0. The maximum absolute atomic E-state index is 9.62. The van der Waals surface area contributed by atoms with Crippen molar-refractivity contribution >= 4 is 28.3 Å². The number of nitrogens with zero attached hydrogens (tertiary/aromatic N) is 5. The van der Waals surface area contributed by atoms with Crippen LogP contribution in [0.1, 0.15) is 11.3 Å². The molecule has 0 fully saturated rings. The standard InChI is InChI=1S/C18H19N7O/c1-12-8-16(25-18(23-12)21-11-22-25)19-6-7-20-17-14(10-26)9-13-4-2-3-5-15(13)24-17/h2-5,8-9,11,19,26H,6-7,10H2,1H3,(H,20,24). The van der Waals surface area contributed by atoms with Gasteiger partial charge in [0.25, 0.3) is 5.78 Å². The zero-order valence-electron chi connectivity index (χ0n) is 14.3. The number of fused-ring (bicyclic) bond motifs is 2. The Hall–Kier alpha value is -3.26. The number of nitrogens with one attached hydrogen (secondary N) is 2. The Kier molecular flexibility index (Phi) is 4.32. The molecule has 0 saturated heterocycles. The van der Waals surface area contributed by atoms with Crippen LogP contribution in [0.15, 0.2) is 42.7 Å². The number of hydrogen-bond donors (Lipinski definition) is 3. The second-order valence-electron chi connectivity index (χ2n) is 5.96. The van der Waals surface area contributed by atoms with E-state index >= 15 is 0 Å². The quantitative estimate of drug-likeness (QED) is 0.458. The number of aryl methyl sites for hydroxylation is 1. The number of anilines is 2. The van der Waals surface area contributed by atoms with E-state index in [0.717, 1.165) is 28.0 Å². The van der Waals surface area contributed by atoms with Gasteiger partial charge in [-0.1, -0.05) is 18.2 Å². The Balaban J connectivity index is 1.46. The molecule has 8 nitrogen and oxygen atoms in total. The SMILES string of the molecule is Cc1cc(NCCNc2nc3ccccc3cc2CO)n2ncnc2n1. The van der Waals surface area contributed by atoms with Crippen molar-refractivity contribution < 1.29 is 5.11 Å². The van der Waals surface area contributed by atoms with Crippen LogP contribution in [0.4, 0.5) is 11.6 Å². The third-order valence-electron chi connectivity index (χ3n) is 4.08. The molecule has 8 heteroatoms. The highest BCUT2D eigenvalue weighted by Gasteiger charge is 2.07. The molecule has 26 heavy (non-hydrogen) atoms. The number of aliphatic hydroxyl groups is 1. The van der Waals surface area contributed by atoms with Gasteiger partial charge in [0.1, 0.15) is 18.0 Å². The zero-order valence-corrected chi connectivity index (χ0v) is 14.3. The van der Waals surface area contributed by atoms with Crippen LogP contribution in [0.3, 0.4) is 0 Å². The molecule has 0 aliphatic carbocycles. The van der Waals surface area contributed by atoms with Crippen molar-refractivity contribution in [2.75, 3.05) is 23.7 Å². The van der Waals surface area contributed by atoms with Crippen LogP contribution in [0, 0.1) is 6.92 Å². The lowest BCUT2D eigenvalue weighted by Crippen LogP contribution is -2.17. The molecule has 4 aromatic rings. The summed E-state index contributed by atoms with van der Waals surface area (Å²) < 4.78 is 1.67. The van der Waals surface area contributed by atoms with Crippen molar-refractivity contribution in [1.82, 2.24) is 24.6 Å². The van der Waals surface area contributed by atoms with E-state index in [2.05, 4.69) is 30.7 Å². The topological polar surface area (TPSA) is 100 Å². The Morgan fingerprint density at radius 3 is 2.81 bits per heavy atom. The largest absolute Gasteiger partial charge is 0.392 e. The molecule has 0 atom stereocenters. The van der Waals surface area contributed by atoms with E-state index in [9.17, 15) is 5.11 Å². The first-order chi connectivity index (χ1) is 12.7. The van der Waals surface area contributed by atoms with E-state index in [-0.39, 0.29) is 6.61 Å². The Bertz CT molecular complexity index is 1060. The minimum Gasteiger partial charge on any atom is -0.392 e. The average Bonchev–Trinajstić information content (AvgIpc) is 3.12. The van der Waals surface area contributed by atoms with Crippen LogP contribution in [0.2, 0.25) is 0 Å². The monoisotopic (exact) mass is 349 g/mol. The smallest absolute Gasteiger partial charge is 0.254 e. The van der Waals surface area contributed by atoms with E-state index in [4.69, 9.17) is 0 Å². The van der Waals surface area contributed by atoms with Crippen molar-refractivity contribution in [2.45, 2.75) is 13.5 Å². The molecule has 0 spiro atoms. The van der Waals surface area contributed by atoms with Crippen LogP contribution in [-0.4, -0.2) is 42.8 Å². The molecule has 0 aliphatic rings. The second-order valence-corrected chi connectivity index (χ2v) is 5.96. The lowest BCUT2D eigenvalue weighted by atomic mass is 10.1. The first kappa shape index (κ1) is 16.2. The summed E-state index contributed by atoms with van der Waals surface area (Å²) >= 11 is 0. The van der Waals surface area contributed by atoms with E-state index in [1.165, 1.54) is 6.33 Å². The Morgan fingerprint density at radius 1 is 1.08 bits per heavy atom. The molecule has 0 radical (unpaired) electrons. The van der Waals surface area contributed by atoms with Gasteiger partial charge in [0.15, 0.2) is 0 Å². The van der Waals surface area contributed by atoms with Gasteiger partial charge in [0.2, 0.25) is 0 Å². The summed E-state index contributed by atoms with van der Waals surface area (Å²) in [5.41, 5.74) is 2.55. The summed E-state index contributed by atoms with van der Waals surface area (Å²) in [6.07, 6.45) is 1.48. The highest BCUT2D eigenvalue weighted by Crippen LogP contribution is 2.20. The Morgan fingerprint density at radius 2 is 1.92 bits per heavy atom. The number of rotatable bonds is 6. The highest BCUT2D eigenvalue weighted by atomic mass is 16.3. The molecule has 3 N–H and O–H groups in total. The van der Waals surface area contributed by atoms with Crippen molar-refractivity contribution in [3.63, 3.8) is 0 Å². The molecule has 0 aliphatic heterocycles. The zero-order chi connectivity index (χ0) is 17.9. The van der Waals surface area contributed by atoms with Gasteiger partial charge in [0.05, 0.1) is 12.1 Å². The molecule has 0 amide bonds. The summed E-state index contributed by atoms with van der Waals surface area (Å²) in [5, 5.41) is 21.4. The molecule has 4 rings (SSSR count). The minimum absolute atomic E-state index is 0.0588. The fourth-order valence-corrected chi connectivity index (χ4v) is 2.86. The first-order valence-electron chi connectivity index (χ1n) is 8.39. The van der Waals surface area contributed by atoms with E-state index in [1.807, 2.05) is 43.3 Å². The maximum Gasteiger partial charge on any atom is 0.254 e. The Labute approximate surface area is 149 Å². The number of aromatic nitrogens is 5. The lowest BCUT2D eigenvalue weighted by molar-refractivity contribution is 0.282.